The Morgan fingerprint density at radius 1 is 1.00 bits per heavy atom. The summed E-state index contributed by atoms with van der Waals surface area (Å²) in [5.41, 5.74) is 0. The molecule has 0 aliphatic carbocycles. The second-order valence-corrected chi connectivity index (χ2v) is 0. The van der Waals surface area contributed by atoms with Crippen LogP contribution in [-0.2, 0) is 0 Å². The maximum absolute atomic E-state index is 7.00. The predicted octanol–water partition coefficient (Wildman–Crippen LogP) is -3.67. The van der Waals surface area contributed by atoms with Crippen molar-refractivity contribution in [1.29, 1.82) is 0 Å². The molecule has 2 N–H and O–H groups in total. The van der Waals surface area contributed by atoms with Crippen LogP contribution in [0.1, 0.15) is 1.43 Å². The van der Waals surface area contributed by atoms with E-state index in [4.69, 9.17) is 10.2 Å². The van der Waals surface area contributed by atoms with Crippen LogP contribution in [0.3, 0.4) is 0 Å². The predicted molar refractivity (Wildman–Crippen MR) is 17.4 cm³/mol. The summed E-state index contributed by atoms with van der Waals surface area (Å²) in [4.78, 5) is 0. The van der Waals surface area contributed by atoms with Crippen LogP contribution in [0, 0.1) is 0 Å². The third-order valence-electron chi connectivity index (χ3n) is 0. The molecule has 0 heterocycles. The summed E-state index contributed by atoms with van der Waals surface area (Å²) in [6.45, 7) is 0. The normalized spacial score (nSPS) is 2.40. The van der Waals surface area contributed by atoms with Crippen molar-refractivity contribution in [2.24, 2.45) is 0 Å². The van der Waals surface area contributed by atoms with E-state index in [1.165, 1.54) is 0 Å². The summed E-state index contributed by atoms with van der Waals surface area (Å²) in [7, 11) is 2.00. The molecule has 0 aliphatic heterocycles. The topological polar surface area (TPSA) is 40.5 Å². The number of aliphatic hydroxyl groups excluding tert-OH is 2. The van der Waals surface area contributed by atoms with Gasteiger partial charge in [-0.05, 0) is 0 Å². The standard InChI is InChI=1S/2CH4O.K.H/c2*1-2;;/h2*2H,1H3;;/q;;+1;-1. The minimum atomic E-state index is 0. The first kappa shape index (κ1) is 16.0. The van der Waals surface area contributed by atoms with Crippen LogP contribution in [0.5, 0.6) is 0 Å². The van der Waals surface area contributed by atoms with Crippen LogP contribution in [0.4, 0.5) is 0 Å². The molecule has 0 amide bonds. The van der Waals surface area contributed by atoms with E-state index in [1.54, 1.807) is 0 Å². The Balaban J connectivity index is -0.00000000500. The summed E-state index contributed by atoms with van der Waals surface area (Å²) < 4.78 is 0. The molecule has 2 nitrogen and oxygen atoms in total. The molecule has 0 fully saturated rings. The van der Waals surface area contributed by atoms with Crippen LogP contribution < -0.4 is 51.4 Å². The molecule has 0 aromatic rings. The molecule has 0 saturated heterocycles. The molecule has 0 rings (SSSR count). The maximum atomic E-state index is 7.00. The zero-order valence-corrected chi connectivity index (χ0v) is 7.02. The second-order valence-electron chi connectivity index (χ2n) is 0. The third-order valence-corrected chi connectivity index (χ3v) is 0. The van der Waals surface area contributed by atoms with Crippen molar-refractivity contribution >= 4 is 0 Å². The van der Waals surface area contributed by atoms with Crippen LogP contribution >= 0.6 is 0 Å². The fourth-order valence-corrected chi connectivity index (χ4v) is 0. The Morgan fingerprint density at radius 2 is 1.00 bits per heavy atom. The molecular weight excluding hydrogens is 95.1 g/mol. The van der Waals surface area contributed by atoms with Crippen molar-refractivity contribution in [2.45, 2.75) is 0 Å². The Hall–Kier alpha value is 1.56. The number of aliphatic hydroxyl groups is 2. The average Bonchev–Trinajstić information content (AvgIpc) is 1.50. The SMILES string of the molecule is CO.CO.[H-].[K+]. The van der Waals surface area contributed by atoms with Crippen LogP contribution in [0.15, 0.2) is 0 Å². The van der Waals surface area contributed by atoms with Crippen molar-refractivity contribution in [3.8, 4) is 0 Å². The summed E-state index contributed by atoms with van der Waals surface area (Å²) in [5, 5.41) is 14.0. The van der Waals surface area contributed by atoms with Gasteiger partial charge in [-0.2, -0.15) is 0 Å². The summed E-state index contributed by atoms with van der Waals surface area (Å²) in [6.07, 6.45) is 0. The van der Waals surface area contributed by atoms with Gasteiger partial charge in [-0.25, -0.2) is 0 Å². The quantitative estimate of drug-likeness (QED) is 0.311. The van der Waals surface area contributed by atoms with Crippen LogP contribution in [0.2, 0.25) is 0 Å². The average molecular weight is 104 g/mol. The fraction of sp³-hybridized carbons (Fsp3) is 1.00. The molecule has 0 aliphatic rings. The van der Waals surface area contributed by atoms with E-state index in [-0.39, 0.29) is 52.8 Å². The van der Waals surface area contributed by atoms with Crippen molar-refractivity contribution < 1.29 is 63.0 Å². The largest absolute Gasteiger partial charge is 1.00 e. The van der Waals surface area contributed by atoms with E-state index in [0.29, 0.717) is 0 Å². The minimum Gasteiger partial charge on any atom is -1.00 e. The first-order valence-corrected chi connectivity index (χ1v) is 0.894. The molecule has 3 heteroatoms. The molecule has 0 spiro atoms. The van der Waals surface area contributed by atoms with Gasteiger partial charge >= 0.3 is 51.4 Å². The van der Waals surface area contributed by atoms with Gasteiger partial charge in [0.2, 0.25) is 0 Å². The van der Waals surface area contributed by atoms with Gasteiger partial charge in [0.15, 0.2) is 0 Å². The van der Waals surface area contributed by atoms with Gasteiger partial charge in [-0.1, -0.05) is 0 Å². The number of hydrogen-bond acceptors (Lipinski definition) is 2. The van der Waals surface area contributed by atoms with Crippen molar-refractivity contribution in [3.05, 3.63) is 0 Å². The van der Waals surface area contributed by atoms with Crippen molar-refractivity contribution in [1.82, 2.24) is 0 Å². The monoisotopic (exact) mass is 104 g/mol. The molecule has 0 aromatic carbocycles. The van der Waals surface area contributed by atoms with Crippen LogP contribution in [-0.4, -0.2) is 24.4 Å². The van der Waals surface area contributed by atoms with Gasteiger partial charge in [0, 0.05) is 14.2 Å². The van der Waals surface area contributed by atoms with Gasteiger partial charge in [0.1, 0.15) is 0 Å². The number of hydrogen-bond donors (Lipinski definition) is 2. The number of rotatable bonds is 0. The van der Waals surface area contributed by atoms with E-state index in [2.05, 4.69) is 0 Å². The van der Waals surface area contributed by atoms with E-state index >= 15 is 0 Å². The van der Waals surface area contributed by atoms with E-state index in [1.807, 2.05) is 0 Å². The zero-order valence-electron chi connectivity index (χ0n) is 4.89. The third kappa shape index (κ3) is 29.0. The Labute approximate surface area is 76.1 Å². The molecular formula is C2H9KO2. The summed E-state index contributed by atoms with van der Waals surface area (Å²) in [6, 6.07) is 0. The molecule has 30 valence electrons. The molecule has 5 heavy (non-hydrogen) atoms. The maximum Gasteiger partial charge on any atom is 1.00 e. The van der Waals surface area contributed by atoms with Gasteiger partial charge < -0.3 is 11.6 Å². The first-order valence-electron chi connectivity index (χ1n) is 0.894. The molecule has 0 bridgehead atoms. The summed E-state index contributed by atoms with van der Waals surface area (Å²) in [5.74, 6) is 0. The van der Waals surface area contributed by atoms with Gasteiger partial charge in [-0.15, -0.1) is 0 Å². The van der Waals surface area contributed by atoms with Crippen molar-refractivity contribution in [3.63, 3.8) is 0 Å². The van der Waals surface area contributed by atoms with E-state index < -0.39 is 0 Å². The minimum absolute atomic E-state index is 0. The Morgan fingerprint density at radius 3 is 1.00 bits per heavy atom. The second kappa shape index (κ2) is 47.6. The Kier molecular flexibility index (Phi) is 152. The smallest absolute Gasteiger partial charge is 1.00 e. The molecule has 0 aromatic heterocycles. The zero-order chi connectivity index (χ0) is 4.00. The van der Waals surface area contributed by atoms with Gasteiger partial charge in [0.25, 0.3) is 0 Å². The van der Waals surface area contributed by atoms with Gasteiger partial charge in [-0.3, -0.25) is 0 Å². The van der Waals surface area contributed by atoms with Crippen LogP contribution in [0.25, 0.3) is 0 Å². The molecule has 0 radical (unpaired) electrons. The van der Waals surface area contributed by atoms with Crippen molar-refractivity contribution in [2.75, 3.05) is 14.2 Å². The Bertz CT molecular complexity index is 11.5. The van der Waals surface area contributed by atoms with Gasteiger partial charge in [0.05, 0.1) is 0 Å². The molecule has 0 atom stereocenters. The van der Waals surface area contributed by atoms with E-state index in [0.717, 1.165) is 14.2 Å². The summed E-state index contributed by atoms with van der Waals surface area (Å²) >= 11 is 0. The molecule has 0 saturated carbocycles. The molecule has 0 unspecified atom stereocenters. The fourth-order valence-electron chi connectivity index (χ4n) is 0. The van der Waals surface area contributed by atoms with E-state index in [9.17, 15) is 0 Å². The first-order chi connectivity index (χ1) is 2.00.